The third-order valence-corrected chi connectivity index (χ3v) is 3.86. The van der Waals surface area contributed by atoms with Gasteiger partial charge in [0.1, 0.15) is 0 Å². The van der Waals surface area contributed by atoms with Gasteiger partial charge in [-0.1, -0.05) is 31.5 Å². The van der Waals surface area contributed by atoms with Gasteiger partial charge in [0, 0.05) is 25.5 Å². The zero-order valence-corrected chi connectivity index (χ0v) is 13.2. The number of aromatic nitrogens is 2. The Kier molecular flexibility index (Phi) is 5.73. The lowest BCUT2D eigenvalue weighted by Crippen LogP contribution is -2.46. The van der Waals surface area contributed by atoms with Crippen LogP contribution in [0.3, 0.4) is 0 Å². The number of fused-ring (bicyclic) bond motifs is 1. The van der Waals surface area contributed by atoms with Gasteiger partial charge < -0.3 is 4.74 Å². The van der Waals surface area contributed by atoms with E-state index in [0.29, 0.717) is 6.61 Å². The molecule has 5 heteroatoms. The molecule has 0 radical (unpaired) electrons. The van der Waals surface area contributed by atoms with Crippen LogP contribution in [-0.4, -0.2) is 28.5 Å². The number of para-hydroxylation sites is 1. The molecule has 0 amide bonds. The molecule has 0 fully saturated rings. The lowest BCUT2D eigenvalue weighted by atomic mass is 10.00. The molecule has 0 aliphatic heterocycles. The fraction of sp³-hybridized carbons (Fsp3) is 0.562. The van der Waals surface area contributed by atoms with Crippen LogP contribution in [0.1, 0.15) is 32.4 Å². The Balaban J connectivity index is 2.23. The number of hydrogen-bond acceptors (Lipinski definition) is 4. The molecular formula is C16H26N4O. The molecule has 0 saturated carbocycles. The summed E-state index contributed by atoms with van der Waals surface area (Å²) in [7, 11) is 1.97. The normalized spacial score (nSPS) is 14.5. The third kappa shape index (κ3) is 3.61. The molecule has 2 rings (SSSR count). The molecule has 2 aromatic rings. The molecule has 0 saturated heterocycles. The van der Waals surface area contributed by atoms with E-state index in [9.17, 15) is 0 Å². The van der Waals surface area contributed by atoms with Crippen LogP contribution in [0.2, 0.25) is 0 Å². The Morgan fingerprint density at radius 2 is 2.10 bits per heavy atom. The van der Waals surface area contributed by atoms with Crippen molar-refractivity contribution in [2.45, 2.75) is 45.3 Å². The van der Waals surface area contributed by atoms with Crippen molar-refractivity contribution in [1.82, 2.24) is 15.2 Å². The van der Waals surface area contributed by atoms with E-state index in [4.69, 9.17) is 10.6 Å². The lowest BCUT2D eigenvalue weighted by molar-refractivity contribution is 0.0280. The van der Waals surface area contributed by atoms with Gasteiger partial charge in [-0.25, -0.2) is 0 Å². The van der Waals surface area contributed by atoms with Gasteiger partial charge in [0.05, 0.1) is 23.4 Å². The van der Waals surface area contributed by atoms with Crippen molar-refractivity contribution in [3.63, 3.8) is 0 Å². The molecule has 0 aliphatic carbocycles. The fourth-order valence-electron chi connectivity index (χ4n) is 2.84. The molecule has 3 N–H and O–H groups in total. The number of benzene rings is 1. The van der Waals surface area contributed by atoms with Crippen LogP contribution in [0.5, 0.6) is 0 Å². The van der Waals surface area contributed by atoms with Gasteiger partial charge in [-0.15, -0.1) is 0 Å². The minimum atomic E-state index is 0.0724. The predicted octanol–water partition coefficient (Wildman–Crippen LogP) is 2.15. The molecule has 116 valence electrons. The lowest BCUT2D eigenvalue weighted by Gasteiger charge is -2.25. The number of rotatable bonds is 8. The molecule has 1 heterocycles. The highest BCUT2D eigenvalue weighted by Gasteiger charge is 2.22. The van der Waals surface area contributed by atoms with Gasteiger partial charge in [-0.3, -0.25) is 16.0 Å². The maximum Gasteiger partial charge on any atom is 0.0745 e. The zero-order chi connectivity index (χ0) is 15.2. The molecule has 0 aliphatic rings. The van der Waals surface area contributed by atoms with Gasteiger partial charge in [0.25, 0.3) is 0 Å². The molecule has 2 atom stereocenters. The molecule has 21 heavy (non-hydrogen) atoms. The van der Waals surface area contributed by atoms with Crippen LogP contribution in [0, 0.1) is 0 Å². The average molecular weight is 290 g/mol. The SMILES string of the molecule is CCCC(OCC)C(Cc1nn(C)c2ccccc12)NN. The number of hydrogen-bond donors (Lipinski definition) is 2. The van der Waals surface area contributed by atoms with E-state index in [-0.39, 0.29) is 12.1 Å². The first-order chi connectivity index (χ1) is 10.2. The van der Waals surface area contributed by atoms with E-state index in [0.717, 1.165) is 30.5 Å². The van der Waals surface area contributed by atoms with E-state index >= 15 is 0 Å². The van der Waals surface area contributed by atoms with Crippen LogP contribution in [-0.2, 0) is 18.2 Å². The number of hydrazine groups is 1. The van der Waals surface area contributed by atoms with Gasteiger partial charge in [0.2, 0.25) is 0 Å². The second-order valence-electron chi connectivity index (χ2n) is 5.35. The van der Waals surface area contributed by atoms with E-state index < -0.39 is 0 Å². The maximum atomic E-state index is 5.85. The van der Waals surface area contributed by atoms with Crippen molar-refractivity contribution in [3.8, 4) is 0 Å². The highest BCUT2D eigenvalue weighted by molar-refractivity contribution is 5.81. The van der Waals surface area contributed by atoms with E-state index in [2.05, 4.69) is 29.6 Å². The summed E-state index contributed by atoms with van der Waals surface area (Å²) < 4.78 is 7.77. The summed E-state index contributed by atoms with van der Waals surface area (Å²) >= 11 is 0. The monoisotopic (exact) mass is 290 g/mol. The zero-order valence-electron chi connectivity index (χ0n) is 13.2. The van der Waals surface area contributed by atoms with Gasteiger partial charge in [0.15, 0.2) is 0 Å². The third-order valence-electron chi connectivity index (χ3n) is 3.86. The number of nitrogens with two attached hydrogens (primary N) is 1. The minimum absolute atomic E-state index is 0.0724. The summed E-state index contributed by atoms with van der Waals surface area (Å²) in [6.45, 7) is 4.88. The highest BCUT2D eigenvalue weighted by Crippen LogP contribution is 2.20. The first kappa shape index (κ1) is 15.9. The molecule has 0 spiro atoms. The Labute approximate surface area is 126 Å². The van der Waals surface area contributed by atoms with Crippen LogP contribution in [0.15, 0.2) is 24.3 Å². The molecule has 2 unspecified atom stereocenters. The second-order valence-corrected chi connectivity index (χ2v) is 5.35. The number of nitrogens with zero attached hydrogens (tertiary/aromatic N) is 2. The summed E-state index contributed by atoms with van der Waals surface area (Å²) in [6.07, 6.45) is 2.95. The maximum absolute atomic E-state index is 5.85. The van der Waals surface area contributed by atoms with E-state index in [1.165, 1.54) is 5.39 Å². The first-order valence-electron chi connectivity index (χ1n) is 7.69. The topological polar surface area (TPSA) is 65.1 Å². The van der Waals surface area contributed by atoms with Gasteiger partial charge in [-0.05, 0) is 19.4 Å². The molecule has 5 nitrogen and oxygen atoms in total. The molecular weight excluding hydrogens is 264 g/mol. The summed E-state index contributed by atoms with van der Waals surface area (Å²) in [5, 5.41) is 5.83. The quantitative estimate of drug-likeness (QED) is 0.577. The van der Waals surface area contributed by atoms with Gasteiger partial charge in [-0.2, -0.15) is 5.10 Å². The number of aryl methyl sites for hydroxylation is 1. The predicted molar refractivity (Wildman–Crippen MR) is 85.9 cm³/mol. The van der Waals surface area contributed by atoms with Crippen LogP contribution in [0.25, 0.3) is 10.9 Å². The summed E-state index contributed by atoms with van der Waals surface area (Å²) in [5.41, 5.74) is 5.13. The van der Waals surface area contributed by atoms with Crippen molar-refractivity contribution in [1.29, 1.82) is 0 Å². The summed E-state index contributed by atoms with van der Waals surface area (Å²) in [6, 6.07) is 8.35. The van der Waals surface area contributed by atoms with Crippen LogP contribution < -0.4 is 11.3 Å². The van der Waals surface area contributed by atoms with Crippen LogP contribution in [0.4, 0.5) is 0 Å². The highest BCUT2D eigenvalue weighted by atomic mass is 16.5. The largest absolute Gasteiger partial charge is 0.377 e. The van der Waals surface area contributed by atoms with Crippen molar-refractivity contribution < 1.29 is 4.74 Å². The minimum Gasteiger partial charge on any atom is -0.377 e. The summed E-state index contributed by atoms with van der Waals surface area (Å²) in [4.78, 5) is 0. The molecule has 1 aromatic carbocycles. The molecule has 1 aromatic heterocycles. The van der Waals surface area contributed by atoms with Gasteiger partial charge >= 0.3 is 0 Å². The van der Waals surface area contributed by atoms with Crippen molar-refractivity contribution in [2.75, 3.05) is 6.61 Å². The van der Waals surface area contributed by atoms with Crippen molar-refractivity contribution in [3.05, 3.63) is 30.0 Å². The fourth-order valence-corrected chi connectivity index (χ4v) is 2.84. The number of nitrogens with one attached hydrogen (secondary N) is 1. The van der Waals surface area contributed by atoms with Crippen LogP contribution >= 0.6 is 0 Å². The molecule has 0 bridgehead atoms. The Bertz CT molecular complexity index is 560. The Hall–Kier alpha value is -1.43. The standard InChI is InChI=1S/C16H26N4O/c1-4-8-16(21-5-2)14(18-17)11-13-12-9-6-7-10-15(12)20(3)19-13/h6-7,9-10,14,16,18H,4-5,8,11,17H2,1-3H3. The van der Waals surface area contributed by atoms with E-state index in [1.54, 1.807) is 0 Å². The first-order valence-corrected chi connectivity index (χ1v) is 7.69. The van der Waals surface area contributed by atoms with Crippen molar-refractivity contribution >= 4 is 10.9 Å². The average Bonchev–Trinajstić information content (AvgIpc) is 2.81. The Morgan fingerprint density at radius 1 is 1.33 bits per heavy atom. The number of ether oxygens (including phenoxy) is 1. The van der Waals surface area contributed by atoms with Crippen molar-refractivity contribution in [2.24, 2.45) is 12.9 Å². The smallest absolute Gasteiger partial charge is 0.0745 e. The Morgan fingerprint density at radius 3 is 2.76 bits per heavy atom. The van der Waals surface area contributed by atoms with E-state index in [1.807, 2.05) is 30.8 Å². The second kappa shape index (κ2) is 7.54. The summed E-state index contributed by atoms with van der Waals surface area (Å²) in [5.74, 6) is 5.77.